The number of aliphatic hydroxyl groups excluding tert-OH is 2. The van der Waals surface area contributed by atoms with E-state index in [9.17, 15) is 9.90 Å². The van der Waals surface area contributed by atoms with Crippen LogP contribution in [0.4, 0.5) is 0 Å². The molecule has 0 unspecified atom stereocenters. The van der Waals surface area contributed by atoms with Gasteiger partial charge in [-0.2, -0.15) is 0 Å². The molecule has 0 amide bonds. The molecule has 170 valence electrons. The van der Waals surface area contributed by atoms with E-state index in [1.165, 1.54) is 24.8 Å². The Morgan fingerprint density at radius 1 is 0.806 bits per heavy atom. The van der Waals surface area contributed by atoms with Gasteiger partial charge in [-0.1, -0.05) is 75.4 Å². The fourth-order valence-corrected chi connectivity index (χ4v) is 4.17. The van der Waals surface area contributed by atoms with Crippen molar-refractivity contribution in [1.29, 1.82) is 0 Å². The first-order valence-electron chi connectivity index (χ1n) is 11.0. The number of aldehydes is 1. The lowest BCUT2D eigenvalue weighted by molar-refractivity contribution is 0.0668. The zero-order valence-electron chi connectivity index (χ0n) is 17.9. The first-order valence-corrected chi connectivity index (χ1v) is 12.6. The Hall–Kier alpha value is -1.05. The van der Waals surface area contributed by atoms with Crippen molar-refractivity contribution in [3.63, 3.8) is 0 Å². The van der Waals surface area contributed by atoms with Gasteiger partial charge in [-0.05, 0) is 62.1 Å². The lowest BCUT2D eigenvalue weighted by Gasteiger charge is -2.29. The Kier molecular flexibility index (Phi) is 12.6. The van der Waals surface area contributed by atoms with Crippen LogP contribution in [0.1, 0.15) is 60.9 Å². The topological polar surface area (TPSA) is 60.8 Å². The van der Waals surface area contributed by atoms with Gasteiger partial charge in [0.1, 0.15) is 6.29 Å². The molecule has 31 heavy (non-hydrogen) atoms. The van der Waals surface area contributed by atoms with Crippen molar-refractivity contribution in [1.82, 2.24) is 4.90 Å². The molecule has 1 saturated carbocycles. The van der Waals surface area contributed by atoms with Gasteiger partial charge in [-0.3, -0.25) is 9.69 Å². The minimum atomic E-state index is -0.130. The van der Waals surface area contributed by atoms with Crippen molar-refractivity contribution in [2.45, 2.75) is 63.7 Å². The number of aliphatic hydroxyl groups is 2. The number of benzene rings is 2. The van der Waals surface area contributed by atoms with E-state index in [2.05, 4.69) is 61.0 Å². The van der Waals surface area contributed by atoms with Crippen LogP contribution in [0.15, 0.2) is 57.5 Å². The van der Waals surface area contributed by atoms with E-state index >= 15 is 0 Å². The molecule has 0 bridgehead atoms. The van der Waals surface area contributed by atoms with E-state index in [-0.39, 0.29) is 12.2 Å². The predicted octanol–water partition coefficient (Wildman–Crippen LogP) is 5.98. The van der Waals surface area contributed by atoms with E-state index in [1.54, 1.807) is 12.1 Å². The maximum atomic E-state index is 10.1. The summed E-state index contributed by atoms with van der Waals surface area (Å²) in [4.78, 5) is 12.4. The lowest BCUT2D eigenvalue weighted by atomic mass is 9.98. The molecule has 1 aliphatic heterocycles. The standard InChI is InChI=1S/C12H16BrNO.C7H5BrO.C6H12O/c13-11-5-3-10(4-6-11)8-14-7-1-2-12(15)9-14;8-7-3-1-6(5-9)2-4-7;7-6-4-2-1-3-5-6/h3-6,12,15H,1-2,7-9H2;1-5H;6-7H,1-5H2/t12-;;/m0../s1. The highest BCUT2D eigenvalue weighted by Gasteiger charge is 2.17. The molecule has 1 aliphatic carbocycles. The maximum Gasteiger partial charge on any atom is 0.150 e. The van der Waals surface area contributed by atoms with Gasteiger partial charge < -0.3 is 10.2 Å². The van der Waals surface area contributed by atoms with Crippen LogP contribution in [-0.4, -0.2) is 46.7 Å². The van der Waals surface area contributed by atoms with E-state index < -0.39 is 0 Å². The zero-order valence-corrected chi connectivity index (χ0v) is 21.1. The quantitative estimate of drug-likeness (QED) is 0.458. The molecular weight excluding hydrogens is 522 g/mol. The highest BCUT2D eigenvalue weighted by atomic mass is 79.9. The Balaban J connectivity index is 0.000000181. The largest absolute Gasteiger partial charge is 0.393 e. The average Bonchev–Trinajstić information content (AvgIpc) is 2.77. The number of β-amino-alcohol motifs (C(OH)–C–C–N with tert-alkyl or cyclic N) is 1. The summed E-state index contributed by atoms with van der Waals surface area (Å²) in [5, 5.41) is 18.5. The van der Waals surface area contributed by atoms with E-state index in [0.717, 1.165) is 60.5 Å². The molecule has 2 aromatic carbocycles. The molecule has 0 aromatic heterocycles. The number of hydrogen-bond donors (Lipinski definition) is 2. The zero-order chi connectivity index (χ0) is 22.5. The first-order chi connectivity index (χ1) is 15.0. The summed E-state index contributed by atoms with van der Waals surface area (Å²) in [6.45, 7) is 2.87. The van der Waals surface area contributed by atoms with Crippen LogP contribution in [0.25, 0.3) is 0 Å². The fourth-order valence-electron chi connectivity index (χ4n) is 3.65. The third kappa shape index (κ3) is 11.4. The smallest absolute Gasteiger partial charge is 0.150 e. The van der Waals surface area contributed by atoms with Crippen LogP contribution < -0.4 is 0 Å². The van der Waals surface area contributed by atoms with Gasteiger partial charge in [0.15, 0.2) is 0 Å². The van der Waals surface area contributed by atoms with Crippen LogP contribution >= 0.6 is 31.9 Å². The predicted molar refractivity (Wildman–Crippen MR) is 133 cm³/mol. The van der Waals surface area contributed by atoms with Gasteiger partial charge in [0.05, 0.1) is 12.2 Å². The molecule has 1 saturated heterocycles. The molecule has 0 spiro atoms. The second kappa shape index (κ2) is 14.9. The van der Waals surface area contributed by atoms with Gasteiger partial charge >= 0.3 is 0 Å². The molecule has 2 N–H and O–H groups in total. The Morgan fingerprint density at radius 2 is 1.35 bits per heavy atom. The molecular formula is C25H33Br2NO3. The van der Waals surface area contributed by atoms with E-state index in [0.29, 0.717) is 5.56 Å². The van der Waals surface area contributed by atoms with Crippen molar-refractivity contribution in [3.8, 4) is 0 Å². The molecule has 4 rings (SSSR count). The fraction of sp³-hybridized carbons (Fsp3) is 0.480. The van der Waals surface area contributed by atoms with Gasteiger partial charge in [0.25, 0.3) is 0 Å². The number of nitrogens with zero attached hydrogens (tertiary/aromatic N) is 1. The summed E-state index contributed by atoms with van der Waals surface area (Å²) in [7, 11) is 0. The van der Waals surface area contributed by atoms with Crippen molar-refractivity contribution >= 4 is 38.1 Å². The number of carbonyl (C=O) groups excluding carboxylic acids is 1. The number of rotatable bonds is 3. The molecule has 0 radical (unpaired) electrons. The summed E-state index contributed by atoms with van der Waals surface area (Å²) in [6, 6.07) is 15.6. The van der Waals surface area contributed by atoms with Crippen molar-refractivity contribution in [3.05, 3.63) is 68.6 Å². The van der Waals surface area contributed by atoms with Crippen molar-refractivity contribution in [2.75, 3.05) is 13.1 Å². The number of piperidine rings is 1. The van der Waals surface area contributed by atoms with Crippen molar-refractivity contribution < 1.29 is 15.0 Å². The molecule has 2 aliphatic rings. The summed E-state index contributed by atoms with van der Waals surface area (Å²) < 4.78 is 2.11. The third-order valence-corrected chi connectivity index (χ3v) is 6.44. The Labute approximate surface area is 202 Å². The molecule has 6 heteroatoms. The second-order valence-corrected chi connectivity index (χ2v) is 9.95. The molecule has 2 fully saturated rings. The number of carbonyl (C=O) groups is 1. The Morgan fingerprint density at radius 3 is 1.84 bits per heavy atom. The van der Waals surface area contributed by atoms with Crippen molar-refractivity contribution in [2.24, 2.45) is 0 Å². The number of halogens is 2. The van der Waals surface area contributed by atoms with Crippen LogP contribution in [0.3, 0.4) is 0 Å². The molecule has 4 nitrogen and oxygen atoms in total. The average molecular weight is 555 g/mol. The van der Waals surface area contributed by atoms with Crippen LogP contribution in [0, 0.1) is 0 Å². The SMILES string of the molecule is O=Cc1ccc(Br)cc1.OC1CCCCC1.O[C@H]1CCCN(Cc2ccc(Br)cc2)C1. The summed E-state index contributed by atoms with van der Waals surface area (Å²) >= 11 is 6.69. The maximum absolute atomic E-state index is 10.1. The van der Waals surface area contributed by atoms with Crippen LogP contribution in [-0.2, 0) is 6.54 Å². The minimum absolute atomic E-state index is 0.0359. The highest BCUT2D eigenvalue weighted by Crippen LogP contribution is 2.17. The number of hydrogen-bond acceptors (Lipinski definition) is 4. The first kappa shape index (κ1) is 26.2. The van der Waals surface area contributed by atoms with Gasteiger partial charge in [0, 0.05) is 27.6 Å². The molecule has 1 heterocycles. The Bertz CT molecular complexity index is 746. The molecule has 1 atom stereocenters. The molecule has 2 aromatic rings. The van der Waals surface area contributed by atoms with E-state index in [1.807, 2.05) is 12.1 Å². The normalized spacial score (nSPS) is 19.4. The van der Waals surface area contributed by atoms with E-state index in [4.69, 9.17) is 5.11 Å². The van der Waals surface area contributed by atoms with Gasteiger partial charge in [-0.25, -0.2) is 0 Å². The third-order valence-electron chi connectivity index (χ3n) is 5.38. The van der Waals surface area contributed by atoms with Gasteiger partial charge in [-0.15, -0.1) is 0 Å². The summed E-state index contributed by atoms with van der Waals surface area (Å²) in [5.74, 6) is 0. The monoisotopic (exact) mass is 553 g/mol. The summed E-state index contributed by atoms with van der Waals surface area (Å²) in [6.07, 6.45) is 8.68. The number of likely N-dealkylation sites (tertiary alicyclic amines) is 1. The van der Waals surface area contributed by atoms with Crippen LogP contribution in [0.2, 0.25) is 0 Å². The summed E-state index contributed by atoms with van der Waals surface area (Å²) in [5.41, 5.74) is 2.02. The highest BCUT2D eigenvalue weighted by molar-refractivity contribution is 9.10. The minimum Gasteiger partial charge on any atom is -0.393 e. The van der Waals surface area contributed by atoms with Crippen LogP contribution in [0.5, 0.6) is 0 Å². The lowest BCUT2D eigenvalue weighted by Crippen LogP contribution is -2.37. The second-order valence-electron chi connectivity index (χ2n) is 8.12. The van der Waals surface area contributed by atoms with Gasteiger partial charge in [0.2, 0.25) is 0 Å².